The van der Waals surface area contributed by atoms with Gasteiger partial charge in [0.1, 0.15) is 5.69 Å². The van der Waals surface area contributed by atoms with Gasteiger partial charge in [-0.2, -0.15) is 5.10 Å². The van der Waals surface area contributed by atoms with Crippen molar-refractivity contribution in [3.05, 3.63) is 64.3 Å². The van der Waals surface area contributed by atoms with Crippen LogP contribution in [0.1, 0.15) is 40.3 Å². The van der Waals surface area contributed by atoms with Crippen molar-refractivity contribution in [2.24, 2.45) is 0 Å². The third kappa shape index (κ3) is 4.11. The highest BCUT2D eigenvalue weighted by Crippen LogP contribution is 2.28. The number of carbonyl (C=O) groups excluding carboxylic acids is 2. The third-order valence-corrected chi connectivity index (χ3v) is 6.21. The Hall–Kier alpha value is -3.23. The lowest BCUT2D eigenvalue weighted by Gasteiger charge is -2.44. The zero-order chi connectivity index (χ0) is 23.0. The zero-order valence-electron chi connectivity index (χ0n) is 17.7. The van der Waals surface area contributed by atoms with Crippen LogP contribution in [0.15, 0.2) is 42.5 Å². The van der Waals surface area contributed by atoms with E-state index in [-0.39, 0.29) is 39.7 Å². The van der Waals surface area contributed by atoms with Gasteiger partial charge in [-0.25, -0.2) is 4.79 Å². The van der Waals surface area contributed by atoms with Crippen LogP contribution in [-0.2, 0) is 11.3 Å². The molecule has 32 heavy (non-hydrogen) atoms. The monoisotopic (exact) mass is 454 g/mol. The van der Waals surface area contributed by atoms with Gasteiger partial charge in [0, 0.05) is 37.1 Å². The van der Waals surface area contributed by atoms with Crippen LogP contribution in [0.25, 0.3) is 10.9 Å². The van der Waals surface area contributed by atoms with Crippen molar-refractivity contribution in [2.45, 2.75) is 32.5 Å². The van der Waals surface area contributed by atoms with E-state index in [4.69, 9.17) is 16.7 Å². The number of H-pyrrole nitrogens is 1. The fourth-order valence-corrected chi connectivity index (χ4v) is 4.39. The number of piperazine rings is 1. The Morgan fingerprint density at radius 1 is 1.12 bits per heavy atom. The largest absolute Gasteiger partial charge is 0.475 e. The summed E-state index contributed by atoms with van der Waals surface area (Å²) in [4.78, 5) is 40.6. The van der Waals surface area contributed by atoms with Gasteiger partial charge in [0.2, 0.25) is 0 Å². The Kier molecular flexibility index (Phi) is 5.99. The maximum Gasteiger partial charge on any atom is 0.379 e. The van der Waals surface area contributed by atoms with Crippen LogP contribution in [-0.4, -0.2) is 67.9 Å². The fourth-order valence-electron chi connectivity index (χ4n) is 4.15. The highest BCUT2D eigenvalue weighted by Gasteiger charge is 2.33. The van der Waals surface area contributed by atoms with E-state index in [2.05, 4.69) is 34.2 Å². The molecule has 166 valence electrons. The Bertz CT molecular complexity index is 1190. The second kappa shape index (κ2) is 8.72. The summed E-state index contributed by atoms with van der Waals surface area (Å²) in [5.41, 5.74) is 1.59. The number of nitrogens with zero attached hydrogens (tertiary/aromatic N) is 3. The number of nitrogens with one attached hydrogen (secondary N) is 1. The van der Waals surface area contributed by atoms with Gasteiger partial charge in [0.05, 0.1) is 16.1 Å². The second-order valence-corrected chi connectivity index (χ2v) is 8.56. The molecule has 1 amide bonds. The number of aliphatic carboxylic acids is 1. The summed E-state index contributed by atoms with van der Waals surface area (Å²) in [5, 5.41) is 15.9. The van der Waals surface area contributed by atoms with E-state index < -0.39 is 11.8 Å². The molecule has 9 heteroatoms. The molecule has 4 rings (SSSR count). The molecule has 2 aromatic carbocycles. The van der Waals surface area contributed by atoms with Gasteiger partial charge in [0.15, 0.2) is 0 Å². The summed E-state index contributed by atoms with van der Waals surface area (Å²) >= 11 is 6.38. The minimum atomic E-state index is -1.61. The summed E-state index contributed by atoms with van der Waals surface area (Å²) in [6, 6.07) is 13.2. The van der Waals surface area contributed by atoms with Gasteiger partial charge in [0.25, 0.3) is 11.7 Å². The number of Topliss-reactive ketones (excluding diaryl/α,β-unsaturated/α-hetero) is 1. The van der Waals surface area contributed by atoms with Crippen LogP contribution in [0.5, 0.6) is 0 Å². The summed E-state index contributed by atoms with van der Waals surface area (Å²) in [5.74, 6) is -3.02. The number of aromatic nitrogens is 2. The number of ketones is 1. The second-order valence-electron chi connectivity index (χ2n) is 8.15. The average Bonchev–Trinajstić information content (AvgIpc) is 3.17. The van der Waals surface area contributed by atoms with Crippen LogP contribution in [0.3, 0.4) is 0 Å². The van der Waals surface area contributed by atoms with Crippen LogP contribution < -0.4 is 0 Å². The highest BCUT2D eigenvalue weighted by atomic mass is 35.5. The first-order valence-corrected chi connectivity index (χ1v) is 10.7. The first kappa shape index (κ1) is 22.0. The van der Waals surface area contributed by atoms with E-state index >= 15 is 0 Å². The van der Waals surface area contributed by atoms with Crippen molar-refractivity contribution in [1.82, 2.24) is 20.0 Å². The summed E-state index contributed by atoms with van der Waals surface area (Å²) in [7, 11) is 0. The zero-order valence-corrected chi connectivity index (χ0v) is 18.5. The minimum absolute atomic E-state index is 0.0568. The van der Waals surface area contributed by atoms with E-state index in [1.54, 1.807) is 4.90 Å². The van der Waals surface area contributed by atoms with Crippen molar-refractivity contribution < 1.29 is 19.5 Å². The van der Waals surface area contributed by atoms with Gasteiger partial charge >= 0.3 is 5.97 Å². The lowest BCUT2D eigenvalue weighted by atomic mass is 10.0. The number of carboxylic acid groups (broad SMARTS) is 1. The predicted octanol–water partition coefficient (Wildman–Crippen LogP) is 3.22. The lowest BCUT2D eigenvalue weighted by molar-refractivity contribution is -0.131. The Morgan fingerprint density at radius 2 is 1.84 bits per heavy atom. The average molecular weight is 455 g/mol. The molecule has 1 fully saturated rings. The maximum atomic E-state index is 13.4. The molecule has 0 radical (unpaired) electrons. The number of benzene rings is 2. The standard InChI is InChI=1S/C23H23ClN4O4/c1-13-11-28(14(2)10-27(13)12-15-6-4-3-5-7-15)22(30)16-8-17-19(9-18(16)24)25-26-20(17)21(29)23(31)32/h3-9,13-14H,10-12H2,1-2H3,(H,25,26)(H,31,32)/t13-,14+/m0/s1. The number of hydrogen-bond acceptors (Lipinski definition) is 5. The molecule has 1 aliphatic rings. The number of amides is 1. The summed E-state index contributed by atoms with van der Waals surface area (Å²) in [6.45, 7) is 6.10. The van der Waals surface area contributed by atoms with Gasteiger partial charge < -0.3 is 10.0 Å². The fraction of sp³-hybridized carbons (Fsp3) is 0.304. The third-order valence-electron chi connectivity index (χ3n) is 5.89. The first-order valence-electron chi connectivity index (χ1n) is 10.3. The van der Waals surface area contributed by atoms with E-state index in [0.29, 0.717) is 18.6 Å². The normalized spacial score (nSPS) is 19.3. The van der Waals surface area contributed by atoms with Gasteiger partial charge in [-0.1, -0.05) is 41.9 Å². The van der Waals surface area contributed by atoms with Crippen molar-refractivity contribution >= 4 is 40.2 Å². The van der Waals surface area contributed by atoms with E-state index in [1.165, 1.54) is 17.7 Å². The Balaban J connectivity index is 1.59. The molecule has 2 heterocycles. The van der Waals surface area contributed by atoms with E-state index in [9.17, 15) is 14.4 Å². The Morgan fingerprint density at radius 3 is 2.53 bits per heavy atom. The lowest BCUT2D eigenvalue weighted by Crippen LogP contribution is -2.57. The molecule has 0 saturated carbocycles. The molecule has 1 aromatic heterocycles. The van der Waals surface area contributed by atoms with Crippen molar-refractivity contribution in [3.63, 3.8) is 0 Å². The summed E-state index contributed by atoms with van der Waals surface area (Å²) < 4.78 is 0. The van der Waals surface area contributed by atoms with Crippen molar-refractivity contribution in [1.29, 1.82) is 0 Å². The molecule has 2 N–H and O–H groups in total. The highest BCUT2D eigenvalue weighted by molar-refractivity contribution is 6.42. The molecular weight excluding hydrogens is 432 g/mol. The maximum absolute atomic E-state index is 13.4. The quantitative estimate of drug-likeness (QED) is 0.453. The molecule has 8 nitrogen and oxygen atoms in total. The van der Waals surface area contributed by atoms with Crippen LogP contribution in [0.2, 0.25) is 5.02 Å². The smallest absolute Gasteiger partial charge is 0.379 e. The summed E-state index contributed by atoms with van der Waals surface area (Å²) in [6.07, 6.45) is 0. The van der Waals surface area contributed by atoms with Crippen LogP contribution in [0.4, 0.5) is 0 Å². The van der Waals surface area contributed by atoms with Gasteiger partial charge in [-0.3, -0.25) is 19.6 Å². The molecule has 0 bridgehead atoms. The van der Waals surface area contributed by atoms with Gasteiger partial charge in [-0.15, -0.1) is 0 Å². The molecular formula is C23H23ClN4O4. The molecule has 0 aliphatic carbocycles. The SMILES string of the molecule is C[C@@H]1CN(Cc2ccccc2)[C@@H](C)CN1C(=O)c1cc2c(C(=O)C(=O)O)n[nH]c2cc1Cl. The number of fused-ring (bicyclic) bond motifs is 1. The minimum Gasteiger partial charge on any atom is -0.475 e. The van der Waals surface area contributed by atoms with Crippen molar-refractivity contribution in [3.8, 4) is 0 Å². The Labute approximate surface area is 189 Å². The molecule has 0 spiro atoms. The molecule has 1 saturated heterocycles. The number of hydrogen-bond donors (Lipinski definition) is 2. The van der Waals surface area contributed by atoms with Gasteiger partial charge in [-0.05, 0) is 31.5 Å². The van der Waals surface area contributed by atoms with Crippen LogP contribution in [0, 0.1) is 0 Å². The number of rotatable bonds is 5. The molecule has 0 unspecified atom stereocenters. The van der Waals surface area contributed by atoms with Crippen molar-refractivity contribution in [2.75, 3.05) is 13.1 Å². The number of halogens is 1. The number of aromatic amines is 1. The van der Waals surface area contributed by atoms with E-state index in [0.717, 1.165) is 6.54 Å². The topological polar surface area (TPSA) is 107 Å². The van der Waals surface area contributed by atoms with E-state index in [1.807, 2.05) is 25.1 Å². The first-order chi connectivity index (χ1) is 15.3. The predicted molar refractivity (Wildman–Crippen MR) is 120 cm³/mol. The number of carbonyl (C=O) groups is 3. The molecule has 2 atom stereocenters. The van der Waals surface area contributed by atoms with Crippen LogP contribution >= 0.6 is 11.6 Å². The molecule has 1 aliphatic heterocycles. The number of carboxylic acids is 1. The molecule has 3 aromatic rings.